The summed E-state index contributed by atoms with van der Waals surface area (Å²) in [7, 11) is 0. The highest BCUT2D eigenvalue weighted by molar-refractivity contribution is 8.00. The molecule has 0 bridgehead atoms. The Morgan fingerprint density at radius 1 is 1.47 bits per heavy atom. The van der Waals surface area contributed by atoms with Gasteiger partial charge in [-0.3, -0.25) is 4.79 Å². The Morgan fingerprint density at radius 2 is 2.13 bits per heavy atom. The van der Waals surface area contributed by atoms with Gasteiger partial charge in [-0.25, -0.2) is 0 Å². The van der Waals surface area contributed by atoms with Gasteiger partial charge in [0.25, 0.3) is 0 Å². The van der Waals surface area contributed by atoms with Gasteiger partial charge in [-0.1, -0.05) is 18.2 Å². The van der Waals surface area contributed by atoms with Gasteiger partial charge < -0.3 is 5.32 Å². The summed E-state index contributed by atoms with van der Waals surface area (Å²) in [5.41, 5.74) is 0. The average Bonchev–Trinajstić information content (AvgIpc) is 2.27. The van der Waals surface area contributed by atoms with Crippen LogP contribution in [-0.2, 0) is 4.79 Å². The van der Waals surface area contributed by atoms with E-state index < -0.39 is 0 Å². The van der Waals surface area contributed by atoms with E-state index in [9.17, 15) is 4.79 Å². The van der Waals surface area contributed by atoms with Gasteiger partial charge in [0.1, 0.15) is 0 Å². The molecule has 0 aliphatic rings. The Balaban J connectivity index is 2.29. The van der Waals surface area contributed by atoms with E-state index in [1.54, 1.807) is 0 Å². The van der Waals surface area contributed by atoms with E-state index in [4.69, 9.17) is 11.6 Å². The van der Waals surface area contributed by atoms with Gasteiger partial charge in [0.15, 0.2) is 0 Å². The summed E-state index contributed by atoms with van der Waals surface area (Å²) >= 11 is 7.12. The van der Waals surface area contributed by atoms with Crippen LogP contribution in [0.3, 0.4) is 0 Å². The summed E-state index contributed by atoms with van der Waals surface area (Å²) in [5, 5.41) is 2.81. The van der Waals surface area contributed by atoms with Crippen molar-refractivity contribution in [2.75, 3.05) is 11.6 Å². The standard InChI is InChI=1S/C11H14ClNOS/c1-9(7-12)13-11(14)8-15-10-5-3-2-4-6-10/h2-6,9H,7-8H2,1H3,(H,13,14). The van der Waals surface area contributed by atoms with Crippen molar-refractivity contribution in [1.82, 2.24) is 5.32 Å². The predicted molar refractivity (Wildman–Crippen MR) is 65.5 cm³/mol. The third kappa shape index (κ3) is 5.09. The molecule has 1 aromatic carbocycles. The highest BCUT2D eigenvalue weighted by Gasteiger charge is 2.06. The second kappa shape index (κ2) is 6.75. The van der Waals surface area contributed by atoms with Crippen LogP contribution in [0.2, 0.25) is 0 Å². The lowest BCUT2D eigenvalue weighted by molar-refractivity contribution is -0.119. The Kier molecular flexibility index (Phi) is 5.58. The molecule has 0 saturated carbocycles. The van der Waals surface area contributed by atoms with E-state index in [1.165, 1.54) is 11.8 Å². The topological polar surface area (TPSA) is 29.1 Å². The number of nitrogens with one attached hydrogen (secondary N) is 1. The van der Waals surface area contributed by atoms with E-state index in [-0.39, 0.29) is 11.9 Å². The van der Waals surface area contributed by atoms with Crippen LogP contribution >= 0.6 is 23.4 Å². The fraction of sp³-hybridized carbons (Fsp3) is 0.364. The van der Waals surface area contributed by atoms with Gasteiger partial charge in [-0.2, -0.15) is 0 Å². The van der Waals surface area contributed by atoms with Crippen LogP contribution in [0.4, 0.5) is 0 Å². The molecule has 0 heterocycles. The van der Waals surface area contributed by atoms with E-state index in [2.05, 4.69) is 5.32 Å². The van der Waals surface area contributed by atoms with E-state index in [0.29, 0.717) is 11.6 Å². The molecule has 1 unspecified atom stereocenters. The summed E-state index contributed by atoms with van der Waals surface area (Å²) < 4.78 is 0. The van der Waals surface area contributed by atoms with Crippen molar-refractivity contribution < 1.29 is 4.79 Å². The molecule has 0 spiro atoms. The number of carbonyl (C=O) groups excluding carboxylic acids is 1. The maximum Gasteiger partial charge on any atom is 0.230 e. The Morgan fingerprint density at radius 3 is 2.73 bits per heavy atom. The normalized spacial score (nSPS) is 12.1. The third-order valence-electron chi connectivity index (χ3n) is 1.75. The summed E-state index contributed by atoms with van der Waals surface area (Å²) in [6.45, 7) is 1.89. The van der Waals surface area contributed by atoms with Crippen LogP contribution in [0.15, 0.2) is 35.2 Å². The third-order valence-corrected chi connectivity index (χ3v) is 3.23. The fourth-order valence-electron chi connectivity index (χ4n) is 1.02. The molecule has 1 aromatic rings. The molecule has 4 heteroatoms. The van der Waals surface area contributed by atoms with Crippen LogP contribution in [0.5, 0.6) is 0 Å². The van der Waals surface area contributed by atoms with Crippen molar-refractivity contribution in [3.63, 3.8) is 0 Å². The van der Waals surface area contributed by atoms with Crippen molar-refractivity contribution in [2.45, 2.75) is 17.9 Å². The first-order chi connectivity index (χ1) is 7.22. The number of thioether (sulfide) groups is 1. The van der Waals surface area contributed by atoms with Crippen LogP contribution in [0, 0.1) is 0 Å². The Hall–Kier alpha value is -0.670. The minimum Gasteiger partial charge on any atom is -0.352 e. The van der Waals surface area contributed by atoms with Crippen molar-refractivity contribution in [3.8, 4) is 0 Å². The minimum absolute atomic E-state index is 0.0250. The van der Waals surface area contributed by atoms with E-state index >= 15 is 0 Å². The lowest BCUT2D eigenvalue weighted by atomic mass is 10.4. The van der Waals surface area contributed by atoms with Gasteiger partial charge in [0.2, 0.25) is 5.91 Å². The summed E-state index contributed by atoms with van der Waals surface area (Å²) in [5.74, 6) is 0.907. The maximum absolute atomic E-state index is 11.4. The predicted octanol–water partition coefficient (Wildman–Crippen LogP) is 2.52. The summed E-state index contributed by atoms with van der Waals surface area (Å²) in [6.07, 6.45) is 0. The maximum atomic E-state index is 11.4. The van der Waals surface area contributed by atoms with Crippen LogP contribution in [0.25, 0.3) is 0 Å². The Labute approximate surface area is 99.4 Å². The van der Waals surface area contributed by atoms with Crippen molar-refractivity contribution >= 4 is 29.3 Å². The molecule has 0 radical (unpaired) electrons. The first-order valence-corrected chi connectivity index (χ1v) is 6.27. The molecule has 1 rings (SSSR count). The zero-order chi connectivity index (χ0) is 11.1. The highest BCUT2D eigenvalue weighted by Crippen LogP contribution is 2.16. The van der Waals surface area contributed by atoms with Gasteiger partial charge >= 0.3 is 0 Å². The molecule has 15 heavy (non-hydrogen) atoms. The SMILES string of the molecule is CC(CCl)NC(=O)CSc1ccccc1. The molecule has 1 atom stereocenters. The molecule has 1 amide bonds. The first kappa shape index (κ1) is 12.4. The molecule has 0 aliphatic heterocycles. The van der Waals surface area contributed by atoms with Crippen molar-refractivity contribution in [1.29, 1.82) is 0 Å². The summed E-state index contributed by atoms with van der Waals surface area (Å²) in [6, 6.07) is 9.89. The molecule has 0 aromatic heterocycles. The number of amides is 1. The molecule has 0 aliphatic carbocycles. The van der Waals surface area contributed by atoms with Gasteiger partial charge in [-0.15, -0.1) is 23.4 Å². The quantitative estimate of drug-likeness (QED) is 0.636. The lowest BCUT2D eigenvalue weighted by Gasteiger charge is -2.09. The van der Waals surface area contributed by atoms with Gasteiger partial charge in [0.05, 0.1) is 5.75 Å². The molecule has 1 N–H and O–H groups in total. The molecule has 0 fully saturated rings. The molecule has 0 saturated heterocycles. The largest absolute Gasteiger partial charge is 0.352 e. The number of carbonyl (C=O) groups is 1. The first-order valence-electron chi connectivity index (χ1n) is 4.75. The Bertz CT molecular complexity index is 305. The molecular weight excluding hydrogens is 230 g/mol. The average molecular weight is 244 g/mol. The number of hydrogen-bond acceptors (Lipinski definition) is 2. The smallest absolute Gasteiger partial charge is 0.230 e. The number of benzene rings is 1. The van der Waals surface area contributed by atoms with Crippen molar-refractivity contribution in [3.05, 3.63) is 30.3 Å². The lowest BCUT2D eigenvalue weighted by Crippen LogP contribution is -2.34. The van der Waals surface area contributed by atoms with Crippen LogP contribution in [-0.4, -0.2) is 23.6 Å². The second-order valence-corrected chi connectivity index (χ2v) is 4.58. The number of rotatable bonds is 5. The summed E-state index contributed by atoms with van der Waals surface area (Å²) in [4.78, 5) is 12.5. The monoisotopic (exact) mass is 243 g/mol. The molecule has 2 nitrogen and oxygen atoms in total. The fourth-order valence-corrected chi connectivity index (χ4v) is 1.83. The number of halogens is 1. The number of hydrogen-bond donors (Lipinski definition) is 1. The van der Waals surface area contributed by atoms with E-state index in [1.807, 2.05) is 37.3 Å². The van der Waals surface area contributed by atoms with Gasteiger partial charge in [0, 0.05) is 16.8 Å². The van der Waals surface area contributed by atoms with Crippen LogP contribution < -0.4 is 5.32 Å². The number of alkyl halides is 1. The van der Waals surface area contributed by atoms with Gasteiger partial charge in [-0.05, 0) is 19.1 Å². The molecular formula is C11H14ClNOS. The minimum atomic E-state index is 0.0250. The zero-order valence-corrected chi connectivity index (χ0v) is 10.1. The second-order valence-electron chi connectivity index (χ2n) is 3.22. The highest BCUT2D eigenvalue weighted by atomic mass is 35.5. The van der Waals surface area contributed by atoms with Crippen LogP contribution in [0.1, 0.15) is 6.92 Å². The zero-order valence-electron chi connectivity index (χ0n) is 8.57. The van der Waals surface area contributed by atoms with Crippen molar-refractivity contribution in [2.24, 2.45) is 0 Å². The molecule has 82 valence electrons. The van der Waals surface area contributed by atoms with E-state index in [0.717, 1.165) is 4.90 Å².